The van der Waals surface area contributed by atoms with Crippen LogP contribution >= 0.6 is 0 Å². The number of pyridine rings is 1. The summed E-state index contributed by atoms with van der Waals surface area (Å²) in [7, 11) is 0. The molecule has 170 valence electrons. The Labute approximate surface area is 199 Å². The number of benzene rings is 3. The molecule has 3 aromatic carbocycles. The molecule has 0 spiro atoms. The van der Waals surface area contributed by atoms with Gasteiger partial charge in [-0.1, -0.05) is 111 Å². The molecule has 0 saturated carbocycles. The van der Waals surface area contributed by atoms with Crippen LogP contribution < -0.4 is 26.0 Å². The molecule has 0 amide bonds. The second kappa shape index (κ2) is 12.6. The predicted molar refractivity (Wildman–Crippen MR) is 142 cm³/mol. The highest BCUT2D eigenvalue weighted by Crippen LogP contribution is 2.16. The van der Waals surface area contributed by atoms with Gasteiger partial charge in [0.25, 0.3) is 0 Å². The third-order valence-electron chi connectivity index (χ3n) is 6.38. The van der Waals surface area contributed by atoms with E-state index in [1.807, 2.05) is 38.2 Å². The van der Waals surface area contributed by atoms with Crippen molar-refractivity contribution in [2.24, 2.45) is 0 Å². The van der Waals surface area contributed by atoms with Crippen LogP contribution in [0.5, 0.6) is 0 Å². The first-order valence-corrected chi connectivity index (χ1v) is 12.2. The third-order valence-corrected chi connectivity index (χ3v) is 6.38. The lowest BCUT2D eigenvalue weighted by atomic mass is 9.14. The average Bonchev–Trinajstić information content (AvgIpc) is 2.88. The monoisotopic (exact) mass is 437 g/mol. The Hall–Kier alpha value is -3.33. The van der Waals surface area contributed by atoms with Gasteiger partial charge < -0.3 is 0 Å². The van der Waals surface area contributed by atoms with E-state index in [0.29, 0.717) is 6.61 Å². The largest absolute Gasteiger partial charge is 0.271 e. The Morgan fingerprint density at radius 3 is 1.48 bits per heavy atom. The van der Waals surface area contributed by atoms with Gasteiger partial charge in [-0.15, -0.1) is 0 Å². The van der Waals surface area contributed by atoms with Gasteiger partial charge in [0, 0.05) is 23.8 Å². The summed E-state index contributed by atoms with van der Waals surface area (Å²) in [5, 5.41) is 0. The Balaban J connectivity index is 0.000000257. The number of unbranched alkanes of at least 4 members (excludes halogenated alkanes) is 1. The van der Waals surface area contributed by atoms with Gasteiger partial charge in [0.05, 0.1) is 6.15 Å². The normalized spacial score (nSPS) is 10.8. The quantitative estimate of drug-likeness (QED) is 0.288. The van der Waals surface area contributed by atoms with Gasteiger partial charge in [0.2, 0.25) is 11.9 Å². The van der Waals surface area contributed by atoms with Crippen LogP contribution in [0.15, 0.2) is 115 Å². The highest BCUT2D eigenvalue weighted by Gasteiger charge is 2.28. The van der Waals surface area contributed by atoms with Crippen molar-refractivity contribution in [3.8, 4) is 0 Å². The molecule has 1 aromatic heterocycles. The van der Waals surface area contributed by atoms with Gasteiger partial charge in [-0.05, 0) is 13.0 Å². The van der Waals surface area contributed by atoms with E-state index >= 15 is 0 Å². The summed E-state index contributed by atoms with van der Waals surface area (Å²) in [6.45, 7) is 6.96. The molecule has 0 bridgehead atoms. The van der Waals surface area contributed by atoms with Crippen molar-refractivity contribution in [3.05, 3.63) is 121 Å². The molecular formula is C30H36BNO. The smallest absolute Gasteiger partial charge is 0.231 e. The van der Waals surface area contributed by atoms with Crippen molar-refractivity contribution < 1.29 is 9.57 Å². The Morgan fingerprint density at radius 1 is 0.636 bits per heavy atom. The summed E-state index contributed by atoms with van der Waals surface area (Å²) in [6, 6.07) is 39.1. The molecule has 4 rings (SSSR count). The lowest BCUT2D eigenvalue weighted by Gasteiger charge is -2.43. The molecule has 0 saturated heterocycles. The first kappa shape index (κ1) is 24.3. The van der Waals surface area contributed by atoms with Crippen molar-refractivity contribution in [2.45, 2.75) is 39.9 Å². The van der Waals surface area contributed by atoms with Crippen LogP contribution in [0.1, 0.15) is 32.4 Å². The Bertz CT molecular complexity index is 971. The van der Waals surface area contributed by atoms with Crippen LogP contribution in [-0.2, 0) is 0 Å². The number of hydrogen-bond donors (Lipinski definition) is 0. The Morgan fingerprint density at radius 2 is 1.09 bits per heavy atom. The van der Waals surface area contributed by atoms with Crippen LogP contribution in [0.2, 0.25) is 6.32 Å². The van der Waals surface area contributed by atoms with E-state index in [2.05, 4.69) is 97.9 Å². The molecule has 2 nitrogen and oxygen atoms in total. The highest BCUT2D eigenvalue weighted by molar-refractivity contribution is 7.11. The van der Waals surface area contributed by atoms with E-state index in [1.54, 1.807) is 4.73 Å². The molecule has 0 fully saturated rings. The molecule has 3 heteroatoms. The standard InChI is InChI=1S/C22H24B.C8H12NO/c1-2-3-19-23(20-13-7-4-8-14-20,21-15-9-5-10-16-21)22-17-11-6-12-18-22;1-3-10-9-7-5-4-6-8(9)2/h4-18H,2-3,19H2,1H3;4-7H,3H2,1-2H3/q-1;+1. The maximum Gasteiger partial charge on any atom is 0.231 e. The van der Waals surface area contributed by atoms with Crippen LogP contribution in [-0.4, -0.2) is 12.8 Å². The highest BCUT2D eigenvalue weighted by atomic mass is 16.7. The minimum atomic E-state index is -0.913. The predicted octanol–water partition coefficient (Wildman–Crippen LogP) is 4.69. The van der Waals surface area contributed by atoms with Gasteiger partial charge in [0.15, 0.2) is 6.61 Å². The summed E-state index contributed by atoms with van der Waals surface area (Å²) >= 11 is 0. The zero-order valence-corrected chi connectivity index (χ0v) is 20.2. The molecule has 33 heavy (non-hydrogen) atoms. The van der Waals surface area contributed by atoms with Crippen LogP contribution in [0.4, 0.5) is 0 Å². The average molecular weight is 437 g/mol. The van der Waals surface area contributed by atoms with Crippen LogP contribution in [0.3, 0.4) is 0 Å². The maximum atomic E-state index is 5.25. The van der Waals surface area contributed by atoms with Crippen LogP contribution in [0, 0.1) is 6.92 Å². The SMILES string of the molecule is CCCC[B-](c1ccccc1)(c1ccccc1)c1ccccc1.CCO[n+]1ccccc1C. The molecular weight excluding hydrogens is 401 g/mol. The third kappa shape index (κ3) is 6.13. The summed E-state index contributed by atoms with van der Waals surface area (Å²) in [5.41, 5.74) is 5.44. The first-order chi connectivity index (χ1) is 16.2. The fourth-order valence-corrected chi connectivity index (χ4v) is 4.73. The summed E-state index contributed by atoms with van der Waals surface area (Å²) in [6.07, 6.45) is 4.63. The minimum absolute atomic E-state index is 0.704. The second-order valence-electron chi connectivity index (χ2n) is 8.51. The van der Waals surface area contributed by atoms with E-state index in [-0.39, 0.29) is 0 Å². The van der Waals surface area contributed by atoms with E-state index in [1.165, 1.54) is 35.6 Å². The fraction of sp³-hybridized carbons (Fsp3) is 0.233. The van der Waals surface area contributed by atoms with Gasteiger partial charge in [-0.2, -0.15) is 22.7 Å². The molecule has 0 aliphatic rings. The van der Waals surface area contributed by atoms with Gasteiger partial charge in [-0.3, -0.25) is 4.84 Å². The number of aryl methyl sites for hydroxylation is 1. The van der Waals surface area contributed by atoms with E-state index in [9.17, 15) is 0 Å². The van der Waals surface area contributed by atoms with Crippen LogP contribution in [0.25, 0.3) is 0 Å². The van der Waals surface area contributed by atoms with E-state index < -0.39 is 6.15 Å². The van der Waals surface area contributed by atoms with Gasteiger partial charge in [-0.25, -0.2) is 0 Å². The van der Waals surface area contributed by atoms with Crippen molar-refractivity contribution >= 4 is 22.5 Å². The first-order valence-electron chi connectivity index (χ1n) is 12.2. The number of nitrogens with zero attached hydrogens (tertiary/aromatic N) is 1. The fourth-order valence-electron chi connectivity index (χ4n) is 4.73. The zero-order valence-electron chi connectivity index (χ0n) is 20.2. The molecule has 0 unspecified atom stereocenters. The van der Waals surface area contributed by atoms with E-state index in [0.717, 1.165) is 5.69 Å². The van der Waals surface area contributed by atoms with Gasteiger partial charge >= 0.3 is 0 Å². The number of hydrogen-bond acceptors (Lipinski definition) is 1. The maximum absolute atomic E-state index is 5.25. The summed E-state index contributed by atoms with van der Waals surface area (Å²) < 4.78 is 1.76. The molecule has 0 radical (unpaired) electrons. The molecule has 0 aliphatic carbocycles. The molecule has 4 aromatic rings. The van der Waals surface area contributed by atoms with Gasteiger partial charge in [0.1, 0.15) is 0 Å². The molecule has 1 heterocycles. The Kier molecular flexibility index (Phi) is 9.32. The number of rotatable bonds is 8. The van der Waals surface area contributed by atoms with Crippen molar-refractivity contribution in [1.29, 1.82) is 0 Å². The van der Waals surface area contributed by atoms with Crippen molar-refractivity contribution in [2.75, 3.05) is 6.61 Å². The number of aromatic nitrogens is 1. The summed E-state index contributed by atoms with van der Waals surface area (Å²) in [4.78, 5) is 5.25. The van der Waals surface area contributed by atoms with Crippen molar-refractivity contribution in [3.63, 3.8) is 0 Å². The molecule has 0 atom stereocenters. The molecule has 0 aliphatic heterocycles. The van der Waals surface area contributed by atoms with Crippen molar-refractivity contribution in [1.82, 2.24) is 0 Å². The summed E-state index contributed by atoms with van der Waals surface area (Å²) in [5.74, 6) is 0. The molecule has 0 N–H and O–H groups in total. The topological polar surface area (TPSA) is 13.1 Å². The lowest BCUT2D eigenvalue weighted by Crippen LogP contribution is -2.66. The lowest BCUT2D eigenvalue weighted by molar-refractivity contribution is -0.894. The second-order valence-corrected chi connectivity index (χ2v) is 8.51. The minimum Gasteiger partial charge on any atom is -0.271 e. The zero-order chi connectivity index (χ0) is 23.4. The van der Waals surface area contributed by atoms with E-state index in [4.69, 9.17) is 4.84 Å².